The van der Waals surface area contributed by atoms with E-state index in [1.807, 2.05) is 144 Å². The predicted octanol–water partition coefficient (Wildman–Crippen LogP) is 25.1. The minimum Gasteiger partial charge on any atom is -0.454 e. The summed E-state index contributed by atoms with van der Waals surface area (Å²) in [6, 6.07) is 116. The molecule has 20 aromatic rings. The third kappa shape index (κ3) is 9.96. The van der Waals surface area contributed by atoms with Crippen molar-refractivity contribution in [3.8, 4) is 68.3 Å². The third-order valence-corrected chi connectivity index (χ3v) is 21.7. The molecular weight excluding hydrogens is 1270 g/mol. The van der Waals surface area contributed by atoms with Crippen LogP contribution >= 0.6 is 22.7 Å². The lowest BCUT2D eigenvalue weighted by Crippen LogP contribution is -2.10. The average molecular weight is 1330 g/mol. The molecule has 0 aliphatic rings. The van der Waals surface area contributed by atoms with Gasteiger partial charge in [-0.1, -0.05) is 224 Å². The maximum Gasteiger partial charge on any atom is 0.164 e. The number of hydrogen-bond acceptors (Lipinski definition) is 11. The molecule has 0 spiro atoms. The van der Waals surface area contributed by atoms with Crippen molar-refractivity contribution in [1.29, 1.82) is 0 Å². The summed E-state index contributed by atoms with van der Waals surface area (Å²) in [5.74, 6) is 3.66. The number of benzene rings is 15. The Bertz CT molecular complexity index is 6530. The zero-order valence-electron chi connectivity index (χ0n) is 54.0. The summed E-state index contributed by atoms with van der Waals surface area (Å²) >= 11 is 3.64. The first-order chi connectivity index (χ1) is 50.0. The number of anilines is 6. The molecule has 20 rings (SSSR count). The highest BCUT2D eigenvalue weighted by atomic mass is 32.1. The second-order valence-corrected chi connectivity index (χ2v) is 27.4. The number of fused-ring (bicyclic) bond motifs is 15. The van der Waals surface area contributed by atoms with Crippen LogP contribution in [0.3, 0.4) is 0 Å². The molecule has 101 heavy (non-hydrogen) atoms. The van der Waals surface area contributed by atoms with Crippen molar-refractivity contribution in [3.63, 3.8) is 0 Å². The van der Waals surface area contributed by atoms with Gasteiger partial charge < -0.3 is 14.2 Å². The van der Waals surface area contributed by atoms with Crippen molar-refractivity contribution < 1.29 is 4.42 Å². The van der Waals surface area contributed by atoms with Gasteiger partial charge in [-0.15, -0.1) is 22.7 Å². The lowest BCUT2D eigenvalue weighted by Gasteiger charge is -2.27. The zero-order chi connectivity index (χ0) is 66.5. The Morgan fingerprint density at radius 2 is 0.554 bits per heavy atom. The molecule has 0 amide bonds. The van der Waals surface area contributed by atoms with Gasteiger partial charge in [0.05, 0.1) is 26.5 Å². The first kappa shape index (κ1) is 58.1. The standard InChI is InChI=1S/C90H54N8OS2/c1-5-22-55(23-6-1)85-91-86(56-24-7-2-8-25-56)94-89(93-85)59-42-46-61(47-43-59)97(77-38-20-35-70-67-32-15-17-40-80(67)100-83(70)77)63-50-51-66-72(52-63)64-30-13-14-31-65(64)73-53-75-69-34-19-37-76(82(69)99-79(75)54-74(66)73)98(78-39-21-36-71-68-33-16-18-41-81(68)101-84(71)78)62-48-44-60(45-49-62)90-95-87(57-26-9-3-10-27-57)92-88(96-90)58-28-11-4-12-29-58/h1-54H. The Kier molecular flexibility index (Phi) is 13.7. The second kappa shape index (κ2) is 23.9. The van der Waals surface area contributed by atoms with E-state index in [2.05, 4.69) is 216 Å². The Labute approximate surface area is 587 Å². The van der Waals surface area contributed by atoms with Crippen LogP contribution in [0.15, 0.2) is 332 Å². The molecule has 5 aromatic heterocycles. The predicted molar refractivity (Wildman–Crippen MR) is 421 cm³/mol. The molecule has 5 heterocycles. The molecule has 0 fully saturated rings. The summed E-state index contributed by atoms with van der Waals surface area (Å²) in [7, 11) is 0. The Balaban J connectivity index is 0.742. The van der Waals surface area contributed by atoms with Gasteiger partial charge in [0.15, 0.2) is 40.5 Å². The molecule has 0 saturated carbocycles. The number of rotatable bonds is 12. The maximum absolute atomic E-state index is 7.41. The van der Waals surface area contributed by atoms with Crippen molar-refractivity contribution in [2.75, 3.05) is 9.80 Å². The lowest BCUT2D eigenvalue weighted by molar-refractivity contribution is 0.669. The molecule has 0 atom stereocenters. The smallest absolute Gasteiger partial charge is 0.164 e. The van der Waals surface area contributed by atoms with E-state index in [9.17, 15) is 0 Å². The lowest BCUT2D eigenvalue weighted by atomic mass is 9.92. The van der Waals surface area contributed by atoms with Gasteiger partial charge in [0.25, 0.3) is 0 Å². The number of para-hydroxylation sites is 1. The van der Waals surface area contributed by atoms with Gasteiger partial charge >= 0.3 is 0 Å². The Morgan fingerprint density at radius 1 is 0.218 bits per heavy atom. The van der Waals surface area contributed by atoms with Crippen LogP contribution in [0.1, 0.15) is 0 Å². The van der Waals surface area contributed by atoms with Crippen LogP contribution in [-0.4, -0.2) is 29.9 Å². The molecule has 11 heteroatoms. The van der Waals surface area contributed by atoms with E-state index in [-0.39, 0.29) is 0 Å². The molecule has 0 aliphatic heterocycles. The van der Waals surface area contributed by atoms with Crippen molar-refractivity contribution in [3.05, 3.63) is 328 Å². The number of thiophene rings is 2. The highest BCUT2D eigenvalue weighted by Gasteiger charge is 2.26. The number of aromatic nitrogens is 6. The first-order valence-electron chi connectivity index (χ1n) is 33.6. The Hall–Kier alpha value is -13.1. The highest BCUT2D eigenvalue weighted by Crippen LogP contribution is 2.51. The number of furan rings is 1. The topological polar surface area (TPSA) is 97.0 Å². The molecule has 0 saturated heterocycles. The van der Waals surface area contributed by atoms with E-state index >= 15 is 0 Å². The molecule has 0 radical (unpaired) electrons. The summed E-state index contributed by atoms with van der Waals surface area (Å²) in [5.41, 5.74) is 13.1. The van der Waals surface area contributed by atoms with Crippen LogP contribution < -0.4 is 9.80 Å². The molecule has 9 nitrogen and oxygen atoms in total. The van der Waals surface area contributed by atoms with E-state index in [0.717, 1.165) is 122 Å². The SMILES string of the molecule is c1ccc(-c2nc(-c3ccccc3)nc(-c3ccc(N(c4ccc5c(c4)c4ccccc4c4cc6c(cc54)oc4c(N(c5ccc(-c7nc(-c8ccccc8)nc(-c8ccccc8)n7)cc5)c5cccc7c5sc5ccccc57)cccc46)c4cccc5c4sc4ccccc45)cc3)n2)cc1. The fraction of sp³-hybridized carbons (Fsp3) is 0. The Morgan fingerprint density at radius 3 is 1.02 bits per heavy atom. The van der Waals surface area contributed by atoms with Gasteiger partial charge in [-0.3, -0.25) is 0 Å². The van der Waals surface area contributed by atoms with E-state index in [1.165, 1.54) is 40.3 Å². The molecule has 0 aliphatic carbocycles. The van der Waals surface area contributed by atoms with Crippen LogP contribution in [0, 0.1) is 0 Å². The maximum atomic E-state index is 7.41. The van der Waals surface area contributed by atoms with Crippen molar-refractivity contribution in [2.24, 2.45) is 0 Å². The number of nitrogens with zero attached hydrogens (tertiary/aromatic N) is 8. The highest BCUT2D eigenvalue weighted by molar-refractivity contribution is 7.26. The largest absolute Gasteiger partial charge is 0.454 e. The van der Waals surface area contributed by atoms with Crippen LogP contribution in [0.25, 0.3) is 163 Å². The summed E-state index contributed by atoms with van der Waals surface area (Å²) in [6.45, 7) is 0. The van der Waals surface area contributed by atoms with Gasteiger partial charge in [-0.25, -0.2) is 29.9 Å². The summed E-state index contributed by atoms with van der Waals surface area (Å²) in [6.07, 6.45) is 0. The van der Waals surface area contributed by atoms with Crippen LogP contribution in [0.5, 0.6) is 0 Å². The summed E-state index contributed by atoms with van der Waals surface area (Å²) in [4.78, 5) is 35.2. The van der Waals surface area contributed by atoms with Gasteiger partial charge in [0.1, 0.15) is 5.58 Å². The number of hydrogen-bond donors (Lipinski definition) is 0. The molecule has 0 N–H and O–H groups in total. The third-order valence-electron chi connectivity index (χ3n) is 19.3. The monoisotopic (exact) mass is 1330 g/mol. The van der Waals surface area contributed by atoms with Crippen LogP contribution in [0.4, 0.5) is 34.1 Å². The molecule has 0 bridgehead atoms. The molecular formula is C90H54N8OS2. The van der Waals surface area contributed by atoms with Crippen LogP contribution in [-0.2, 0) is 0 Å². The fourth-order valence-corrected chi connectivity index (χ4v) is 17.0. The first-order valence-corrected chi connectivity index (χ1v) is 35.3. The average Bonchev–Trinajstić information content (AvgIpc) is 1.71. The van der Waals surface area contributed by atoms with Crippen molar-refractivity contribution in [1.82, 2.24) is 29.9 Å². The summed E-state index contributed by atoms with van der Waals surface area (Å²) < 4.78 is 12.3. The van der Waals surface area contributed by atoms with E-state index in [4.69, 9.17) is 34.3 Å². The van der Waals surface area contributed by atoms with Gasteiger partial charge in [-0.05, 0) is 135 Å². The zero-order valence-corrected chi connectivity index (χ0v) is 55.6. The fourth-order valence-electron chi connectivity index (χ4n) is 14.6. The minimum absolute atomic E-state index is 0.589. The van der Waals surface area contributed by atoms with Crippen molar-refractivity contribution in [2.45, 2.75) is 0 Å². The van der Waals surface area contributed by atoms with Gasteiger partial charge in [0, 0.05) is 92.2 Å². The summed E-state index contributed by atoms with van der Waals surface area (Å²) in [5, 5.41) is 13.8. The van der Waals surface area contributed by atoms with Crippen LogP contribution in [0.2, 0.25) is 0 Å². The van der Waals surface area contributed by atoms with E-state index < -0.39 is 0 Å². The normalized spacial score (nSPS) is 11.8. The van der Waals surface area contributed by atoms with Crippen molar-refractivity contribution >= 4 is 151 Å². The quantitative estimate of drug-likeness (QED) is 0.111. The van der Waals surface area contributed by atoms with E-state index in [0.29, 0.717) is 34.9 Å². The molecule has 15 aromatic carbocycles. The van der Waals surface area contributed by atoms with Gasteiger partial charge in [0.2, 0.25) is 0 Å². The minimum atomic E-state index is 0.589. The molecule has 472 valence electrons. The second-order valence-electron chi connectivity index (χ2n) is 25.3. The molecule has 0 unspecified atom stereocenters. The van der Waals surface area contributed by atoms with E-state index in [1.54, 1.807) is 0 Å². The van der Waals surface area contributed by atoms with Gasteiger partial charge in [-0.2, -0.15) is 0 Å².